The molecule has 30 heavy (non-hydrogen) atoms. The van der Waals surface area contributed by atoms with Crippen molar-refractivity contribution in [2.75, 3.05) is 18.1 Å². The second-order valence-corrected chi connectivity index (χ2v) is 6.92. The minimum atomic E-state index is -0.375. The molecule has 3 aromatic rings. The van der Waals surface area contributed by atoms with E-state index < -0.39 is 0 Å². The number of ether oxygens (including phenoxy) is 1. The molecule has 2 N–H and O–H groups in total. The Hall–Kier alpha value is -3.75. The normalized spacial score (nSPS) is 14.1. The molecule has 2 aromatic heterocycles. The van der Waals surface area contributed by atoms with Crippen LogP contribution in [0.1, 0.15) is 18.3 Å². The Morgan fingerprint density at radius 3 is 2.67 bits per heavy atom. The summed E-state index contributed by atoms with van der Waals surface area (Å²) in [6, 6.07) is 5.62. The summed E-state index contributed by atoms with van der Waals surface area (Å²) < 4.78 is 20.9. The van der Waals surface area contributed by atoms with Crippen LogP contribution in [-0.2, 0) is 17.9 Å². The first-order valence-corrected chi connectivity index (χ1v) is 9.46. The number of benzene rings is 1. The third-order valence-corrected chi connectivity index (χ3v) is 4.95. The van der Waals surface area contributed by atoms with E-state index in [1.807, 2.05) is 6.20 Å². The molecule has 0 saturated heterocycles. The largest absolute Gasteiger partial charge is 0.471 e. The number of carbonyl (C=O) groups is 1. The number of fused-ring (bicyclic) bond motifs is 1. The molecule has 154 valence electrons. The lowest BCUT2D eigenvalue weighted by atomic mass is 10.0. The zero-order valence-electron chi connectivity index (χ0n) is 16.5. The molecule has 1 aliphatic heterocycles. The molecule has 0 radical (unpaired) electrons. The smallest absolute Gasteiger partial charge is 0.232 e. The molecular weight excluding hydrogens is 387 g/mol. The monoisotopic (exact) mass is 408 g/mol. The molecule has 0 spiro atoms. The minimum absolute atomic E-state index is 0.0618. The topological polar surface area (TPSA) is 99.2 Å². The van der Waals surface area contributed by atoms with Crippen molar-refractivity contribution in [1.82, 2.24) is 19.5 Å². The number of rotatable bonds is 6. The highest BCUT2D eigenvalue weighted by molar-refractivity contribution is 6.00. The van der Waals surface area contributed by atoms with Gasteiger partial charge in [0.05, 0.1) is 24.5 Å². The van der Waals surface area contributed by atoms with Gasteiger partial charge in [-0.2, -0.15) is 0 Å². The van der Waals surface area contributed by atoms with E-state index in [4.69, 9.17) is 10.5 Å². The highest BCUT2D eigenvalue weighted by atomic mass is 19.1. The van der Waals surface area contributed by atoms with Crippen molar-refractivity contribution < 1.29 is 13.9 Å². The molecule has 8 nitrogen and oxygen atoms in total. The van der Waals surface area contributed by atoms with Gasteiger partial charge in [-0.1, -0.05) is 0 Å². The van der Waals surface area contributed by atoms with E-state index in [0.29, 0.717) is 12.1 Å². The van der Waals surface area contributed by atoms with Gasteiger partial charge in [-0.05, 0) is 36.8 Å². The van der Waals surface area contributed by atoms with E-state index in [-0.39, 0.29) is 35.4 Å². The lowest BCUT2D eigenvalue weighted by Gasteiger charge is -2.28. The van der Waals surface area contributed by atoms with Gasteiger partial charge in [-0.3, -0.25) is 4.79 Å². The summed E-state index contributed by atoms with van der Waals surface area (Å²) >= 11 is 0. The highest BCUT2D eigenvalue weighted by Crippen LogP contribution is 2.20. The number of imidazole rings is 1. The maximum Gasteiger partial charge on any atom is 0.232 e. The maximum absolute atomic E-state index is 13.1. The minimum Gasteiger partial charge on any atom is -0.471 e. The van der Waals surface area contributed by atoms with E-state index in [2.05, 4.69) is 24.4 Å². The molecule has 1 aromatic carbocycles. The summed E-state index contributed by atoms with van der Waals surface area (Å²) in [4.78, 5) is 27.2. The number of halogens is 1. The molecule has 0 amide bonds. The zero-order valence-corrected chi connectivity index (χ0v) is 16.5. The van der Waals surface area contributed by atoms with Crippen LogP contribution in [0.4, 0.5) is 10.2 Å². The van der Waals surface area contributed by atoms with Crippen LogP contribution in [0.25, 0.3) is 5.70 Å². The van der Waals surface area contributed by atoms with Gasteiger partial charge in [-0.15, -0.1) is 0 Å². The van der Waals surface area contributed by atoms with E-state index in [0.717, 1.165) is 24.7 Å². The van der Waals surface area contributed by atoms with Crippen LogP contribution in [0.2, 0.25) is 0 Å². The first-order valence-electron chi connectivity index (χ1n) is 9.46. The molecule has 0 bridgehead atoms. The van der Waals surface area contributed by atoms with Gasteiger partial charge in [0.25, 0.3) is 0 Å². The first-order chi connectivity index (χ1) is 14.5. The van der Waals surface area contributed by atoms with Crippen molar-refractivity contribution in [3.63, 3.8) is 0 Å². The average Bonchev–Trinajstić information content (AvgIpc) is 3.22. The molecule has 1 aliphatic rings. The molecule has 0 aliphatic carbocycles. The van der Waals surface area contributed by atoms with Gasteiger partial charge in [0.15, 0.2) is 5.78 Å². The summed E-state index contributed by atoms with van der Waals surface area (Å²) in [5.41, 5.74) is 7.20. The van der Waals surface area contributed by atoms with E-state index in [1.54, 1.807) is 12.4 Å². The third-order valence-electron chi connectivity index (χ3n) is 4.95. The number of anilines is 1. The van der Waals surface area contributed by atoms with Crippen molar-refractivity contribution in [2.24, 2.45) is 5.73 Å². The van der Waals surface area contributed by atoms with E-state index in [9.17, 15) is 9.18 Å². The van der Waals surface area contributed by atoms with E-state index >= 15 is 0 Å². The Kier molecular flexibility index (Phi) is 5.42. The standard InChI is InChI=1S/C21H21FN6O2/c1-14(29)17(21(23)15-2-4-16(22)5-3-15)13-30-20-11-25-18(10-26-20)28-9-8-27-7-6-24-19(27)12-28/h2-7,10-11H,8-9,12-13,23H2,1H3/b21-17-. The van der Waals surface area contributed by atoms with Crippen molar-refractivity contribution in [2.45, 2.75) is 20.0 Å². The fourth-order valence-corrected chi connectivity index (χ4v) is 3.24. The molecule has 0 fully saturated rings. The number of ketones is 1. The maximum atomic E-state index is 13.1. The Morgan fingerprint density at radius 1 is 1.17 bits per heavy atom. The van der Waals surface area contributed by atoms with Crippen LogP contribution < -0.4 is 15.4 Å². The fraction of sp³-hybridized carbons (Fsp3) is 0.238. The number of nitrogens with zero attached hydrogens (tertiary/aromatic N) is 5. The quantitative estimate of drug-likeness (QED) is 0.624. The molecule has 4 rings (SSSR count). The Labute approximate surface area is 172 Å². The van der Waals surface area contributed by atoms with Crippen LogP contribution in [0.3, 0.4) is 0 Å². The van der Waals surface area contributed by atoms with Crippen LogP contribution in [0.15, 0.2) is 54.6 Å². The van der Waals surface area contributed by atoms with Gasteiger partial charge < -0.3 is 19.9 Å². The predicted molar refractivity (Wildman–Crippen MR) is 109 cm³/mol. The molecule has 3 heterocycles. The SMILES string of the molecule is CC(=O)/C(COc1cnc(N2CCn3ccnc3C2)cn1)=C(\N)c1ccc(F)cc1. The third kappa shape index (κ3) is 4.14. The molecule has 0 unspecified atom stereocenters. The summed E-state index contributed by atoms with van der Waals surface area (Å²) in [5.74, 6) is 1.38. The summed E-state index contributed by atoms with van der Waals surface area (Å²) in [6.45, 7) is 3.65. The Balaban J connectivity index is 1.44. The molecule has 0 atom stereocenters. The average molecular weight is 408 g/mol. The molecular formula is C21H21FN6O2. The van der Waals surface area contributed by atoms with Crippen LogP contribution >= 0.6 is 0 Å². The number of nitrogens with two attached hydrogens (primary N) is 1. The van der Waals surface area contributed by atoms with Gasteiger partial charge >= 0.3 is 0 Å². The summed E-state index contributed by atoms with van der Waals surface area (Å²) in [6.07, 6.45) is 6.91. The summed E-state index contributed by atoms with van der Waals surface area (Å²) in [7, 11) is 0. The molecule has 9 heteroatoms. The number of hydrogen-bond donors (Lipinski definition) is 1. The van der Waals surface area contributed by atoms with Gasteiger partial charge in [0, 0.05) is 31.2 Å². The van der Waals surface area contributed by atoms with Crippen molar-refractivity contribution >= 4 is 17.3 Å². The second kappa shape index (κ2) is 8.32. The number of Topliss-reactive ketones (excluding diaryl/α,β-unsaturated/α-hetero) is 1. The van der Waals surface area contributed by atoms with Gasteiger partial charge in [-0.25, -0.2) is 19.3 Å². The number of aromatic nitrogens is 4. The lowest BCUT2D eigenvalue weighted by molar-refractivity contribution is -0.113. The molecule has 0 saturated carbocycles. The Morgan fingerprint density at radius 2 is 1.97 bits per heavy atom. The lowest BCUT2D eigenvalue weighted by Crippen LogP contribution is -2.34. The van der Waals surface area contributed by atoms with Crippen LogP contribution in [-0.4, -0.2) is 38.5 Å². The number of carbonyl (C=O) groups excluding carboxylic acids is 1. The second-order valence-electron chi connectivity index (χ2n) is 6.92. The van der Waals surface area contributed by atoms with E-state index in [1.165, 1.54) is 37.4 Å². The zero-order chi connectivity index (χ0) is 21.1. The predicted octanol–water partition coefficient (Wildman–Crippen LogP) is 2.17. The number of hydrogen-bond acceptors (Lipinski definition) is 7. The van der Waals surface area contributed by atoms with Gasteiger partial charge in [0.2, 0.25) is 5.88 Å². The van der Waals surface area contributed by atoms with Crippen LogP contribution in [0, 0.1) is 5.82 Å². The first kappa shape index (κ1) is 19.6. The fourth-order valence-electron chi connectivity index (χ4n) is 3.24. The van der Waals surface area contributed by atoms with Crippen molar-refractivity contribution in [3.8, 4) is 5.88 Å². The van der Waals surface area contributed by atoms with Crippen LogP contribution in [0.5, 0.6) is 5.88 Å². The highest BCUT2D eigenvalue weighted by Gasteiger charge is 2.18. The van der Waals surface area contributed by atoms with Gasteiger partial charge in [0.1, 0.15) is 24.1 Å². The Bertz CT molecular complexity index is 1080. The van der Waals surface area contributed by atoms with Crippen molar-refractivity contribution in [3.05, 3.63) is 71.8 Å². The summed E-state index contributed by atoms with van der Waals surface area (Å²) in [5, 5.41) is 0. The van der Waals surface area contributed by atoms with Crippen molar-refractivity contribution in [1.29, 1.82) is 0 Å².